The summed E-state index contributed by atoms with van der Waals surface area (Å²) in [6, 6.07) is 10.1. The maximum Gasteiger partial charge on any atom is 0.270 e. The lowest BCUT2D eigenvalue weighted by molar-refractivity contribution is -0.113. The van der Waals surface area contributed by atoms with Crippen molar-refractivity contribution >= 4 is 46.0 Å². The summed E-state index contributed by atoms with van der Waals surface area (Å²) in [5.74, 6) is -0.0907. The van der Waals surface area contributed by atoms with Crippen LogP contribution in [0, 0.1) is 0 Å². The highest BCUT2D eigenvalue weighted by molar-refractivity contribution is 8.27. The Morgan fingerprint density at radius 1 is 1.24 bits per heavy atom. The van der Waals surface area contributed by atoms with Gasteiger partial charge in [-0.3, -0.25) is 14.7 Å². The molecule has 1 aliphatic heterocycles. The predicted octanol–water partition coefficient (Wildman–Crippen LogP) is 3.19. The van der Waals surface area contributed by atoms with E-state index in [1.54, 1.807) is 36.7 Å². The molecule has 1 N–H and O–H groups in total. The lowest BCUT2D eigenvalue weighted by Gasteiger charge is -2.14. The third-order valence-electron chi connectivity index (χ3n) is 2.89. The van der Waals surface area contributed by atoms with E-state index in [4.69, 9.17) is 12.2 Å². The normalized spacial score (nSPS) is 16.8. The summed E-state index contributed by atoms with van der Waals surface area (Å²) in [5.41, 5.74) is 1.46. The van der Waals surface area contributed by atoms with Crippen LogP contribution in [0.3, 0.4) is 0 Å². The number of nitrogens with zero attached hydrogens (tertiary/aromatic N) is 2. The third kappa shape index (κ3) is 2.81. The van der Waals surface area contributed by atoms with Crippen molar-refractivity contribution in [2.75, 3.05) is 4.90 Å². The summed E-state index contributed by atoms with van der Waals surface area (Å²) in [5, 5.41) is 9.54. The Morgan fingerprint density at radius 3 is 2.71 bits per heavy atom. The second-order valence-electron chi connectivity index (χ2n) is 4.32. The van der Waals surface area contributed by atoms with E-state index in [0.29, 0.717) is 14.9 Å². The number of rotatable bonds is 2. The molecule has 2 aromatic rings. The molecule has 1 saturated heterocycles. The number of aromatic hydroxyl groups is 1. The molecule has 2 heterocycles. The molecule has 21 heavy (non-hydrogen) atoms. The van der Waals surface area contributed by atoms with Gasteiger partial charge >= 0.3 is 0 Å². The quantitative estimate of drug-likeness (QED) is 0.681. The number of benzene rings is 1. The minimum absolute atomic E-state index is 0.0969. The standard InChI is InChI=1S/C15H10N2O2S2/c18-12-3-1-2-11(9-12)17-14(19)13(21-15(17)20)8-10-4-6-16-7-5-10/h1-9,18H. The topological polar surface area (TPSA) is 53.4 Å². The average Bonchev–Trinajstić information content (AvgIpc) is 2.74. The summed E-state index contributed by atoms with van der Waals surface area (Å²) >= 11 is 6.51. The van der Waals surface area contributed by atoms with E-state index in [1.807, 2.05) is 12.1 Å². The first kappa shape index (κ1) is 13.8. The Bertz CT molecular complexity index is 744. The number of phenolic OH excluding ortho intramolecular Hbond substituents is 1. The number of hydrogen-bond acceptors (Lipinski definition) is 5. The fourth-order valence-electron chi connectivity index (χ4n) is 1.93. The van der Waals surface area contributed by atoms with Crippen LogP contribution >= 0.6 is 24.0 Å². The van der Waals surface area contributed by atoms with Gasteiger partial charge in [0, 0.05) is 18.5 Å². The van der Waals surface area contributed by atoms with Crippen LogP contribution in [0.15, 0.2) is 53.7 Å². The highest BCUT2D eigenvalue weighted by Crippen LogP contribution is 2.36. The zero-order valence-electron chi connectivity index (χ0n) is 10.8. The fraction of sp³-hybridized carbons (Fsp3) is 0. The molecule has 0 aliphatic carbocycles. The van der Waals surface area contributed by atoms with E-state index in [2.05, 4.69) is 4.98 Å². The van der Waals surface area contributed by atoms with Gasteiger partial charge in [0.25, 0.3) is 5.91 Å². The SMILES string of the molecule is O=C1C(=Cc2ccncc2)SC(=S)N1c1cccc(O)c1. The number of thiocarbonyl (C=S) groups is 1. The molecule has 0 atom stereocenters. The van der Waals surface area contributed by atoms with Gasteiger partial charge in [0.05, 0.1) is 10.6 Å². The number of aromatic nitrogens is 1. The van der Waals surface area contributed by atoms with Crippen molar-refractivity contribution in [2.24, 2.45) is 0 Å². The first-order chi connectivity index (χ1) is 10.1. The number of phenols is 1. The summed E-state index contributed by atoms with van der Waals surface area (Å²) < 4.78 is 0.450. The maximum atomic E-state index is 12.5. The highest BCUT2D eigenvalue weighted by atomic mass is 32.2. The zero-order valence-corrected chi connectivity index (χ0v) is 12.4. The van der Waals surface area contributed by atoms with Crippen molar-refractivity contribution < 1.29 is 9.90 Å². The monoisotopic (exact) mass is 314 g/mol. The number of anilines is 1. The van der Waals surface area contributed by atoms with Gasteiger partial charge in [-0.15, -0.1) is 0 Å². The fourth-order valence-corrected chi connectivity index (χ4v) is 3.23. The Morgan fingerprint density at radius 2 is 2.00 bits per heavy atom. The number of thioether (sulfide) groups is 1. The largest absolute Gasteiger partial charge is 0.508 e. The van der Waals surface area contributed by atoms with Crippen LogP contribution in [0.4, 0.5) is 5.69 Å². The van der Waals surface area contributed by atoms with E-state index in [1.165, 1.54) is 22.7 Å². The van der Waals surface area contributed by atoms with Gasteiger partial charge in [0.1, 0.15) is 5.75 Å². The number of carbonyl (C=O) groups is 1. The van der Waals surface area contributed by atoms with E-state index >= 15 is 0 Å². The van der Waals surface area contributed by atoms with Crippen LogP contribution in [0.25, 0.3) is 6.08 Å². The molecule has 0 unspecified atom stereocenters. The summed E-state index contributed by atoms with van der Waals surface area (Å²) in [6.07, 6.45) is 5.12. The van der Waals surface area contributed by atoms with Crippen molar-refractivity contribution in [1.29, 1.82) is 0 Å². The van der Waals surface area contributed by atoms with Gasteiger partial charge in [-0.25, -0.2) is 0 Å². The van der Waals surface area contributed by atoms with Crippen LogP contribution in [0.2, 0.25) is 0 Å². The van der Waals surface area contributed by atoms with Crippen molar-refractivity contribution in [1.82, 2.24) is 4.98 Å². The molecule has 1 aromatic heterocycles. The van der Waals surface area contributed by atoms with Gasteiger partial charge in [0.2, 0.25) is 0 Å². The van der Waals surface area contributed by atoms with Gasteiger partial charge < -0.3 is 5.11 Å². The van der Waals surface area contributed by atoms with Crippen LogP contribution in [0.5, 0.6) is 5.75 Å². The second-order valence-corrected chi connectivity index (χ2v) is 5.99. The lowest BCUT2D eigenvalue weighted by Crippen LogP contribution is -2.27. The molecule has 3 rings (SSSR count). The van der Waals surface area contributed by atoms with Crippen molar-refractivity contribution in [3.05, 3.63) is 59.3 Å². The Balaban J connectivity index is 1.94. The van der Waals surface area contributed by atoms with Crippen LogP contribution in [-0.4, -0.2) is 20.3 Å². The molecule has 1 amide bonds. The molecule has 1 aliphatic rings. The number of pyridine rings is 1. The van der Waals surface area contributed by atoms with Crippen LogP contribution in [-0.2, 0) is 4.79 Å². The number of hydrogen-bond donors (Lipinski definition) is 1. The first-order valence-corrected chi connectivity index (χ1v) is 7.34. The van der Waals surface area contributed by atoms with Crippen LogP contribution in [0.1, 0.15) is 5.56 Å². The Hall–Kier alpha value is -2.18. The molecule has 0 spiro atoms. The van der Waals surface area contributed by atoms with Crippen LogP contribution < -0.4 is 4.90 Å². The van der Waals surface area contributed by atoms with E-state index in [-0.39, 0.29) is 11.7 Å². The molecule has 0 radical (unpaired) electrons. The Labute approximate surface area is 131 Å². The maximum absolute atomic E-state index is 12.5. The van der Waals surface area contributed by atoms with Gasteiger partial charge in [-0.05, 0) is 35.9 Å². The summed E-state index contributed by atoms with van der Waals surface area (Å²) in [7, 11) is 0. The van der Waals surface area contributed by atoms with Crippen molar-refractivity contribution in [2.45, 2.75) is 0 Å². The lowest BCUT2D eigenvalue weighted by atomic mass is 10.2. The van der Waals surface area contributed by atoms with Crippen molar-refractivity contribution in [3.8, 4) is 5.75 Å². The second kappa shape index (κ2) is 5.67. The predicted molar refractivity (Wildman–Crippen MR) is 88.0 cm³/mol. The van der Waals surface area contributed by atoms with Gasteiger partial charge in [-0.1, -0.05) is 30.0 Å². The minimum Gasteiger partial charge on any atom is -0.508 e. The number of amides is 1. The van der Waals surface area contributed by atoms with Crippen molar-refractivity contribution in [3.63, 3.8) is 0 Å². The number of carbonyl (C=O) groups excluding carboxylic acids is 1. The molecular formula is C15H10N2O2S2. The van der Waals surface area contributed by atoms with Gasteiger partial charge in [-0.2, -0.15) is 0 Å². The Kier molecular flexibility index (Phi) is 3.72. The molecule has 4 nitrogen and oxygen atoms in total. The summed E-state index contributed by atoms with van der Waals surface area (Å²) in [6.45, 7) is 0. The molecular weight excluding hydrogens is 304 g/mol. The smallest absolute Gasteiger partial charge is 0.270 e. The molecule has 6 heteroatoms. The zero-order chi connectivity index (χ0) is 14.8. The highest BCUT2D eigenvalue weighted by Gasteiger charge is 2.33. The third-order valence-corrected chi connectivity index (χ3v) is 4.19. The summed E-state index contributed by atoms with van der Waals surface area (Å²) in [4.78, 5) is 18.4. The van der Waals surface area contributed by atoms with E-state index in [0.717, 1.165) is 5.56 Å². The molecule has 104 valence electrons. The molecule has 0 saturated carbocycles. The molecule has 1 fully saturated rings. The first-order valence-electron chi connectivity index (χ1n) is 6.12. The minimum atomic E-state index is -0.188. The van der Waals surface area contributed by atoms with Gasteiger partial charge in [0.15, 0.2) is 4.32 Å². The molecule has 1 aromatic carbocycles. The average molecular weight is 314 g/mol. The molecule has 0 bridgehead atoms. The van der Waals surface area contributed by atoms with E-state index in [9.17, 15) is 9.90 Å². The van der Waals surface area contributed by atoms with E-state index < -0.39 is 0 Å².